The highest BCUT2D eigenvalue weighted by molar-refractivity contribution is 6.31. The van der Waals surface area contributed by atoms with Crippen LogP contribution in [-0.2, 0) is 14.3 Å². The van der Waals surface area contributed by atoms with Crippen molar-refractivity contribution in [2.45, 2.75) is 13.3 Å². The summed E-state index contributed by atoms with van der Waals surface area (Å²) in [5.74, 6) is 0.585. The van der Waals surface area contributed by atoms with Crippen LogP contribution in [0.25, 0.3) is 0 Å². The van der Waals surface area contributed by atoms with E-state index in [1.165, 1.54) is 0 Å². The van der Waals surface area contributed by atoms with Gasteiger partial charge in [-0.25, -0.2) is 0 Å². The zero-order chi connectivity index (χ0) is 17.8. The fourth-order valence-corrected chi connectivity index (χ4v) is 2.56. The molecule has 1 fully saturated rings. The van der Waals surface area contributed by atoms with Crippen LogP contribution < -0.4 is 10.1 Å². The minimum atomic E-state index is -0.443. The molecule has 0 unspecified atom stereocenters. The summed E-state index contributed by atoms with van der Waals surface area (Å²) in [7, 11) is 0. The van der Waals surface area contributed by atoms with Crippen molar-refractivity contribution in [3.8, 4) is 11.5 Å². The SMILES string of the molecule is C[C@@H]1C[C@@H]1C(=O)OCC(=O)Nc1cc(Cl)ccc1Oc1ccccc1. The Kier molecular flexibility index (Phi) is 5.24. The van der Waals surface area contributed by atoms with E-state index in [-0.39, 0.29) is 18.5 Å². The highest BCUT2D eigenvalue weighted by Gasteiger charge is 2.40. The largest absolute Gasteiger partial charge is 0.455 e. The molecule has 1 aliphatic rings. The van der Waals surface area contributed by atoms with Gasteiger partial charge in [-0.3, -0.25) is 9.59 Å². The molecule has 0 spiro atoms. The summed E-state index contributed by atoms with van der Waals surface area (Å²) in [6, 6.07) is 14.1. The number of amides is 1. The van der Waals surface area contributed by atoms with Crippen LogP contribution in [0.4, 0.5) is 5.69 Å². The molecule has 130 valence electrons. The van der Waals surface area contributed by atoms with E-state index in [0.29, 0.717) is 28.1 Å². The maximum absolute atomic E-state index is 12.1. The van der Waals surface area contributed by atoms with Crippen molar-refractivity contribution in [3.05, 3.63) is 53.6 Å². The van der Waals surface area contributed by atoms with E-state index in [1.54, 1.807) is 30.3 Å². The van der Waals surface area contributed by atoms with E-state index in [4.69, 9.17) is 21.1 Å². The molecule has 1 aliphatic carbocycles. The highest BCUT2D eigenvalue weighted by Crippen LogP contribution is 2.38. The Morgan fingerprint density at radius 2 is 1.92 bits per heavy atom. The van der Waals surface area contributed by atoms with Gasteiger partial charge in [0.1, 0.15) is 5.75 Å². The molecular formula is C19H18ClNO4. The van der Waals surface area contributed by atoms with Gasteiger partial charge in [-0.15, -0.1) is 0 Å². The Bertz CT molecular complexity index is 778. The minimum absolute atomic E-state index is 0.0732. The van der Waals surface area contributed by atoms with E-state index < -0.39 is 5.91 Å². The second-order valence-corrected chi connectivity index (χ2v) is 6.47. The fourth-order valence-electron chi connectivity index (χ4n) is 2.38. The molecule has 2 aromatic carbocycles. The molecule has 0 radical (unpaired) electrons. The van der Waals surface area contributed by atoms with Crippen molar-refractivity contribution >= 4 is 29.2 Å². The summed E-state index contributed by atoms with van der Waals surface area (Å²) in [4.78, 5) is 23.8. The minimum Gasteiger partial charge on any atom is -0.455 e. The van der Waals surface area contributed by atoms with Gasteiger partial charge in [0.25, 0.3) is 5.91 Å². The lowest BCUT2D eigenvalue weighted by Crippen LogP contribution is -2.22. The number of para-hydroxylation sites is 1. The molecule has 0 aliphatic heterocycles. The average Bonchev–Trinajstić information content (AvgIpc) is 3.33. The van der Waals surface area contributed by atoms with E-state index in [9.17, 15) is 9.59 Å². The number of carbonyl (C=O) groups is 2. The van der Waals surface area contributed by atoms with E-state index in [0.717, 1.165) is 6.42 Å². The number of benzene rings is 2. The maximum atomic E-state index is 12.1. The van der Waals surface area contributed by atoms with Crippen molar-refractivity contribution in [2.75, 3.05) is 11.9 Å². The quantitative estimate of drug-likeness (QED) is 0.782. The first-order valence-electron chi connectivity index (χ1n) is 8.02. The third-order valence-electron chi connectivity index (χ3n) is 3.94. The predicted octanol–water partition coefficient (Wildman–Crippen LogP) is 4.27. The smallest absolute Gasteiger partial charge is 0.309 e. The first kappa shape index (κ1) is 17.3. The van der Waals surface area contributed by atoms with Crippen molar-refractivity contribution in [2.24, 2.45) is 11.8 Å². The molecule has 6 heteroatoms. The van der Waals surface area contributed by atoms with Gasteiger partial charge in [-0.05, 0) is 42.7 Å². The van der Waals surface area contributed by atoms with Gasteiger partial charge < -0.3 is 14.8 Å². The molecule has 0 aromatic heterocycles. The molecule has 0 heterocycles. The molecule has 3 rings (SSSR count). The van der Waals surface area contributed by atoms with Gasteiger partial charge >= 0.3 is 5.97 Å². The summed E-state index contributed by atoms with van der Waals surface area (Å²) in [6.07, 6.45) is 0.823. The first-order valence-corrected chi connectivity index (χ1v) is 8.39. The standard InChI is InChI=1S/C19H18ClNO4/c1-12-9-15(12)19(23)24-11-18(22)21-16-10-13(20)7-8-17(16)25-14-5-3-2-4-6-14/h2-8,10,12,15H,9,11H2,1H3,(H,21,22)/t12-,15+/m1/s1. The lowest BCUT2D eigenvalue weighted by molar-refractivity contribution is -0.148. The number of rotatable bonds is 6. The number of halogens is 1. The molecular weight excluding hydrogens is 342 g/mol. The van der Waals surface area contributed by atoms with Gasteiger partial charge in [-0.2, -0.15) is 0 Å². The second kappa shape index (κ2) is 7.57. The predicted molar refractivity (Wildman–Crippen MR) is 94.8 cm³/mol. The summed E-state index contributed by atoms with van der Waals surface area (Å²) in [6.45, 7) is 1.64. The van der Waals surface area contributed by atoms with E-state index in [1.807, 2.05) is 25.1 Å². The summed E-state index contributed by atoms with van der Waals surface area (Å²) in [5.41, 5.74) is 0.414. The van der Waals surface area contributed by atoms with Crippen LogP contribution in [0, 0.1) is 11.8 Å². The molecule has 0 saturated heterocycles. The van der Waals surface area contributed by atoms with Crippen LogP contribution in [0.15, 0.2) is 48.5 Å². The average molecular weight is 360 g/mol. The van der Waals surface area contributed by atoms with Crippen LogP contribution in [-0.4, -0.2) is 18.5 Å². The topological polar surface area (TPSA) is 64.6 Å². The lowest BCUT2D eigenvalue weighted by atomic mass is 10.2. The number of hydrogen-bond donors (Lipinski definition) is 1. The number of ether oxygens (including phenoxy) is 2. The summed E-state index contributed by atoms with van der Waals surface area (Å²) >= 11 is 6.00. The van der Waals surface area contributed by atoms with E-state index >= 15 is 0 Å². The van der Waals surface area contributed by atoms with Crippen LogP contribution in [0.1, 0.15) is 13.3 Å². The molecule has 1 N–H and O–H groups in total. The van der Waals surface area contributed by atoms with Gasteiger partial charge in [-0.1, -0.05) is 36.7 Å². The number of anilines is 1. The Hall–Kier alpha value is -2.53. The number of esters is 1. The third kappa shape index (κ3) is 4.73. The van der Waals surface area contributed by atoms with Crippen LogP contribution in [0.3, 0.4) is 0 Å². The zero-order valence-corrected chi connectivity index (χ0v) is 14.5. The monoisotopic (exact) mass is 359 g/mol. The van der Waals surface area contributed by atoms with Crippen molar-refractivity contribution in [1.29, 1.82) is 0 Å². The van der Waals surface area contributed by atoms with Crippen LogP contribution in [0.5, 0.6) is 11.5 Å². The highest BCUT2D eigenvalue weighted by atomic mass is 35.5. The molecule has 2 atom stereocenters. The van der Waals surface area contributed by atoms with Gasteiger partial charge in [0.05, 0.1) is 11.6 Å². The Morgan fingerprint density at radius 3 is 2.60 bits per heavy atom. The lowest BCUT2D eigenvalue weighted by Gasteiger charge is -2.13. The van der Waals surface area contributed by atoms with Gasteiger partial charge in [0, 0.05) is 5.02 Å². The molecule has 1 amide bonds. The van der Waals surface area contributed by atoms with Gasteiger partial charge in [0.15, 0.2) is 12.4 Å². The molecule has 2 aromatic rings. The van der Waals surface area contributed by atoms with Crippen molar-refractivity contribution in [3.63, 3.8) is 0 Å². The number of hydrogen-bond acceptors (Lipinski definition) is 4. The van der Waals surface area contributed by atoms with Crippen LogP contribution in [0.2, 0.25) is 5.02 Å². The van der Waals surface area contributed by atoms with E-state index in [2.05, 4.69) is 5.32 Å². The summed E-state index contributed by atoms with van der Waals surface area (Å²) < 4.78 is 10.8. The third-order valence-corrected chi connectivity index (χ3v) is 4.18. The maximum Gasteiger partial charge on any atom is 0.309 e. The zero-order valence-electron chi connectivity index (χ0n) is 13.7. The molecule has 0 bridgehead atoms. The van der Waals surface area contributed by atoms with Crippen molar-refractivity contribution < 1.29 is 19.1 Å². The first-order chi connectivity index (χ1) is 12.0. The molecule has 25 heavy (non-hydrogen) atoms. The number of nitrogens with one attached hydrogen (secondary N) is 1. The van der Waals surface area contributed by atoms with Crippen LogP contribution >= 0.6 is 11.6 Å². The Labute approximate surface area is 150 Å². The van der Waals surface area contributed by atoms with Gasteiger partial charge in [0.2, 0.25) is 0 Å². The summed E-state index contributed by atoms with van der Waals surface area (Å²) in [5, 5.41) is 3.13. The Morgan fingerprint density at radius 1 is 1.20 bits per heavy atom. The fraction of sp³-hybridized carbons (Fsp3) is 0.263. The molecule has 5 nitrogen and oxygen atoms in total. The van der Waals surface area contributed by atoms with Crippen molar-refractivity contribution in [1.82, 2.24) is 0 Å². The second-order valence-electron chi connectivity index (χ2n) is 6.03. The number of carbonyl (C=O) groups excluding carboxylic acids is 2. The Balaban J connectivity index is 1.63. The normalized spacial score (nSPS) is 18.3. The molecule has 1 saturated carbocycles.